The fourth-order valence-electron chi connectivity index (χ4n) is 2.73. The Morgan fingerprint density at radius 2 is 1.67 bits per heavy atom. The van der Waals surface area contributed by atoms with Gasteiger partial charge in [-0.15, -0.1) is 0 Å². The van der Waals surface area contributed by atoms with Crippen LogP contribution in [0.4, 0.5) is 4.79 Å². The van der Waals surface area contributed by atoms with E-state index in [-0.39, 0.29) is 18.2 Å². The Balaban J connectivity index is 1.65. The zero-order chi connectivity index (χ0) is 17.4. The van der Waals surface area contributed by atoms with E-state index >= 15 is 0 Å². The molecule has 0 aromatic heterocycles. The number of nitrogens with one attached hydrogen (secondary N) is 1. The molecule has 1 aromatic carbocycles. The summed E-state index contributed by atoms with van der Waals surface area (Å²) >= 11 is 0. The topological polar surface area (TPSA) is 95.7 Å². The standard InChI is InChI=1S/C17H24N4O3/c18-17(24)19-15(22)8-9-20-10-12-21(13-11-20)16(23)7-6-14-4-2-1-3-5-14/h1-5H,6-13H2,(H3,18,19,22,24). The first-order valence-corrected chi connectivity index (χ1v) is 8.18. The third kappa shape index (κ3) is 6.00. The van der Waals surface area contributed by atoms with Gasteiger partial charge >= 0.3 is 6.03 Å². The summed E-state index contributed by atoms with van der Waals surface area (Å²) in [6, 6.07) is 9.16. The lowest BCUT2D eigenvalue weighted by Crippen LogP contribution is -2.49. The molecule has 7 heteroatoms. The summed E-state index contributed by atoms with van der Waals surface area (Å²) < 4.78 is 0. The van der Waals surface area contributed by atoms with Gasteiger partial charge in [0.1, 0.15) is 0 Å². The quantitative estimate of drug-likeness (QED) is 0.785. The van der Waals surface area contributed by atoms with Crippen molar-refractivity contribution in [1.29, 1.82) is 0 Å². The monoisotopic (exact) mass is 332 g/mol. The number of nitrogens with two attached hydrogens (primary N) is 1. The number of primary amides is 1. The smallest absolute Gasteiger partial charge is 0.318 e. The van der Waals surface area contributed by atoms with Gasteiger partial charge in [-0.2, -0.15) is 0 Å². The van der Waals surface area contributed by atoms with E-state index in [1.54, 1.807) is 0 Å². The van der Waals surface area contributed by atoms with Crippen molar-refractivity contribution in [3.63, 3.8) is 0 Å². The molecule has 1 aliphatic rings. The molecule has 130 valence electrons. The van der Waals surface area contributed by atoms with Gasteiger partial charge in [0.2, 0.25) is 11.8 Å². The molecule has 1 aromatic rings. The third-order valence-corrected chi connectivity index (χ3v) is 4.11. The Morgan fingerprint density at radius 1 is 1.00 bits per heavy atom. The van der Waals surface area contributed by atoms with E-state index in [0.29, 0.717) is 26.1 Å². The average Bonchev–Trinajstić information content (AvgIpc) is 2.58. The zero-order valence-corrected chi connectivity index (χ0v) is 13.7. The molecule has 0 saturated carbocycles. The van der Waals surface area contributed by atoms with E-state index < -0.39 is 6.03 Å². The predicted molar refractivity (Wildman–Crippen MR) is 90.1 cm³/mol. The van der Waals surface area contributed by atoms with Gasteiger partial charge in [-0.3, -0.25) is 19.8 Å². The molecule has 0 atom stereocenters. The Kier molecular flexibility index (Phi) is 6.74. The molecule has 4 amide bonds. The second-order valence-electron chi connectivity index (χ2n) is 5.87. The van der Waals surface area contributed by atoms with E-state index in [1.807, 2.05) is 35.2 Å². The van der Waals surface area contributed by atoms with Crippen molar-refractivity contribution in [2.75, 3.05) is 32.7 Å². The van der Waals surface area contributed by atoms with Gasteiger partial charge < -0.3 is 10.6 Å². The molecule has 0 spiro atoms. The lowest BCUT2D eigenvalue weighted by Gasteiger charge is -2.34. The molecule has 24 heavy (non-hydrogen) atoms. The lowest BCUT2D eigenvalue weighted by atomic mass is 10.1. The number of rotatable bonds is 6. The molecule has 2 rings (SSSR count). The lowest BCUT2D eigenvalue weighted by molar-refractivity contribution is -0.133. The number of piperazine rings is 1. The third-order valence-electron chi connectivity index (χ3n) is 4.11. The largest absolute Gasteiger partial charge is 0.351 e. The summed E-state index contributed by atoms with van der Waals surface area (Å²) in [5.74, 6) is -0.200. The highest BCUT2D eigenvalue weighted by atomic mass is 16.2. The molecule has 1 fully saturated rings. The van der Waals surface area contributed by atoms with Crippen LogP contribution in [0.2, 0.25) is 0 Å². The molecule has 0 bridgehead atoms. The highest BCUT2D eigenvalue weighted by Gasteiger charge is 2.21. The number of amides is 4. The number of hydrogen-bond donors (Lipinski definition) is 2. The van der Waals surface area contributed by atoms with Crippen molar-refractivity contribution in [2.45, 2.75) is 19.3 Å². The number of imide groups is 1. The van der Waals surface area contributed by atoms with Crippen molar-refractivity contribution in [2.24, 2.45) is 5.73 Å². The number of carbonyl (C=O) groups excluding carboxylic acids is 3. The van der Waals surface area contributed by atoms with Crippen LogP contribution in [0.25, 0.3) is 0 Å². The normalized spacial score (nSPS) is 15.1. The van der Waals surface area contributed by atoms with Crippen LogP contribution in [0.3, 0.4) is 0 Å². The second-order valence-corrected chi connectivity index (χ2v) is 5.87. The van der Waals surface area contributed by atoms with Gasteiger partial charge in [0.05, 0.1) is 0 Å². The maximum Gasteiger partial charge on any atom is 0.318 e. The van der Waals surface area contributed by atoms with Crippen LogP contribution in [0, 0.1) is 0 Å². The molecular weight excluding hydrogens is 308 g/mol. The second kappa shape index (κ2) is 9.02. The van der Waals surface area contributed by atoms with Crippen molar-refractivity contribution < 1.29 is 14.4 Å². The van der Waals surface area contributed by atoms with Crippen LogP contribution in [0.1, 0.15) is 18.4 Å². The molecule has 0 radical (unpaired) electrons. The Hall–Kier alpha value is -2.41. The van der Waals surface area contributed by atoms with Crippen LogP contribution in [0.5, 0.6) is 0 Å². The van der Waals surface area contributed by atoms with Gasteiger partial charge in [0, 0.05) is 45.6 Å². The fourth-order valence-corrected chi connectivity index (χ4v) is 2.73. The van der Waals surface area contributed by atoms with E-state index in [2.05, 4.69) is 10.2 Å². The van der Waals surface area contributed by atoms with Gasteiger partial charge in [0.25, 0.3) is 0 Å². The van der Waals surface area contributed by atoms with Gasteiger partial charge in [-0.25, -0.2) is 4.79 Å². The first-order valence-electron chi connectivity index (χ1n) is 8.18. The summed E-state index contributed by atoms with van der Waals surface area (Å²) in [6.07, 6.45) is 1.50. The number of nitrogens with zero attached hydrogens (tertiary/aromatic N) is 2. The molecule has 1 aliphatic heterocycles. The minimum atomic E-state index is -0.825. The van der Waals surface area contributed by atoms with E-state index in [0.717, 1.165) is 19.5 Å². The average molecular weight is 332 g/mol. The first kappa shape index (κ1) is 17.9. The SMILES string of the molecule is NC(=O)NC(=O)CCN1CCN(C(=O)CCc2ccccc2)CC1. The molecule has 0 unspecified atom stereocenters. The van der Waals surface area contributed by atoms with Crippen molar-refractivity contribution in [1.82, 2.24) is 15.1 Å². The summed E-state index contributed by atoms with van der Waals surface area (Å²) in [4.78, 5) is 38.2. The molecule has 3 N–H and O–H groups in total. The molecular formula is C17H24N4O3. The van der Waals surface area contributed by atoms with E-state index in [4.69, 9.17) is 5.73 Å². The Bertz CT molecular complexity index is 568. The van der Waals surface area contributed by atoms with E-state index in [9.17, 15) is 14.4 Å². The first-order chi connectivity index (χ1) is 11.5. The zero-order valence-electron chi connectivity index (χ0n) is 13.7. The highest BCUT2D eigenvalue weighted by molar-refractivity contribution is 5.93. The van der Waals surface area contributed by atoms with Crippen molar-refractivity contribution in [3.05, 3.63) is 35.9 Å². The van der Waals surface area contributed by atoms with Gasteiger partial charge in [-0.1, -0.05) is 30.3 Å². The van der Waals surface area contributed by atoms with Crippen LogP contribution in [-0.2, 0) is 16.0 Å². The minimum absolute atomic E-state index is 0.171. The predicted octanol–water partition coefficient (Wildman–Crippen LogP) is 0.348. The van der Waals surface area contributed by atoms with Crippen LogP contribution in [0.15, 0.2) is 30.3 Å². The minimum Gasteiger partial charge on any atom is -0.351 e. The number of hydrogen-bond acceptors (Lipinski definition) is 4. The fraction of sp³-hybridized carbons (Fsp3) is 0.471. The summed E-state index contributed by atoms with van der Waals surface area (Å²) in [6.45, 7) is 3.38. The van der Waals surface area contributed by atoms with Gasteiger partial charge in [-0.05, 0) is 12.0 Å². The molecule has 1 heterocycles. The van der Waals surface area contributed by atoms with Gasteiger partial charge in [0.15, 0.2) is 0 Å². The van der Waals surface area contributed by atoms with Crippen molar-refractivity contribution in [3.8, 4) is 0 Å². The molecule has 1 saturated heterocycles. The summed E-state index contributed by atoms with van der Waals surface area (Å²) in [7, 11) is 0. The number of benzene rings is 1. The van der Waals surface area contributed by atoms with Crippen LogP contribution < -0.4 is 11.1 Å². The number of urea groups is 1. The summed E-state index contributed by atoms with van der Waals surface area (Å²) in [5.41, 5.74) is 6.07. The maximum atomic E-state index is 12.3. The summed E-state index contributed by atoms with van der Waals surface area (Å²) in [5, 5.41) is 2.05. The Labute approximate surface area is 141 Å². The molecule has 7 nitrogen and oxygen atoms in total. The van der Waals surface area contributed by atoms with Crippen LogP contribution in [-0.4, -0.2) is 60.4 Å². The number of carbonyl (C=O) groups is 3. The Morgan fingerprint density at radius 3 is 2.29 bits per heavy atom. The highest BCUT2D eigenvalue weighted by Crippen LogP contribution is 2.08. The van der Waals surface area contributed by atoms with E-state index in [1.165, 1.54) is 5.56 Å². The number of aryl methyl sites for hydroxylation is 1. The van der Waals surface area contributed by atoms with Crippen molar-refractivity contribution >= 4 is 17.8 Å². The molecule has 0 aliphatic carbocycles. The maximum absolute atomic E-state index is 12.3. The van der Waals surface area contributed by atoms with Crippen LogP contribution >= 0.6 is 0 Å².